The van der Waals surface area contributed by atoms with Crippen LogP contribution in [-0.2, 0) is 37.3 Å². The van der Waals surface area contributed by atoms with Crippen molar-refractivity contribution in [1.29, 1.82) is 0 Å². The summed E-state index contributed by atoms with van der Waals surface area (Å²) in [7, 11) is 1.38. The molecule has 1 aliphatic heterocycles. The Balaban J connectivity index is 1.32. The predicted octanol–water partition coefficient (Wildman–Crippen LogP) is 3.02. The number of fused-ring (bicyclic) bond motifs is 1. The molecular formula is C24H27N5O3S. The van der Waals surface area contributed by atoms with Crippen LogP contribution in [0.5, 0.6) is 0 Å². The highest BCUT2D eigenvalue weighted by atomic mass is 32.1. The third kappa shape index (κ3) is 4.99. The van der Waals surface area contributed by atoms with E-state index in [-0.39, 0.29) is 11.9 Å². The van der Waals surface area contributed by atoms with Crippen molar-refractivity contribution in [2.75, 3.05) is 13.7 Å². The topological polar surface area (TPSA) is 89.3 Å². The van der Waals surface area contributed by atoms with E-state index in [4.69, 9.17) is 9.84 Å². The Labute approximate surface area is 196 Å². The molecule has 1 aromatic carbocycles. The van der Waals surface area contributed by atoms with Gasteiger partial charge in [-0.2, -0.15) is 5.10 Å². The van der Waals surface area contributed by atoms with E-state index >= 15 is 0 Å². The van der Waals surface area contributed by atoms with Crippen LogP contribution < -0.4 is 5.32 Å². The number of nitrogens with one attached hydrogen (secondary N) is 1. The fourth-order valence-corrected chi connectivity index (χ4v) is 4.82. The van der Waals surface area contributed by atoms with Crippen LogP contribution in [0.3, 0.4) is 0 Å². The predicted molar refractivity (Wildman–Crippen MR) is 124 cm³/mol. The molecule has 0 bridgehead atoms. The fourth-order valence-electron chi connectivity index (χ4n) is 4.26. The second-order valence-electron chi connectivity index (χ2n) is 8.66. The zero-order valence-electron chi connectivity index (χ0n) is 18.6. The highest BCUT2D eigenvalue weighted by molar-refractivity contribution is 7.09. The SMILES string of the molecule is COC(=O)c1ccc(CN2CCc3c(c(C(=O)NCc4nccs4)nn3CC3CC3)C2)cc1. The fraction of sp³-hybridized carbons (Fsp3) is 0.417. The van der Waals surface area contributed by atoms with Crippen LogP contribution in [-0.4, -0.2) is 45.2 Å². The van der Waals surface area contributed by atoms with Crippen LogP contribution in [0.4, 0.5) is 0 Å². The van der Waals surface area contributed by atoms with Crippen molar-refractivity contribution in [3.05, 3.63) is 68.9 Å². The molecule has 1 amide bonds. The number of esters is 1. The molecule has 3 aromatic rings. The molecule has 172 valence electrons. The summed E-state index contributed by atoms with van der Waals surface area (Å²) in [6.45, 7) is 3.64. The van der Waals surface area contributed by atoms with Crippen LogP contribution in [0.2, 0.25) is 0 Å². The highest BCUT2D eigenvalue weighted by Crippen LogP contribution is 2.33. The number of nitrogens with zero attached hydrogens (tertiary/aromatic N) is 4. The van der Waals surface area contributed by atoms with E-state index in [0.29, 0.717) is 30.3 Å². The zero-order chi connectivity index (χ0) is 22.8. The number of hydrogen-bond acceptors (Lipinski definition) is 7. The van der Waals surface area contributed by atoms with Crippen molar-refractivity contribution in [1.82, 2.24) is 25.0 Å². The smallest absolute Gasteiger partial charge is 0.337 e. The molecule has 0 unspecified atom stereocenters. The van der Waals surface area contributed by atoms with Gasteiger partial charge < -0.3 is 10.1 Å². The number of carbonyl (C=O) groups is 2. The molecule has 9 heteroatoms. The lowest BCUT2D eigenvalue weighted by molar-refractivity contribution is 0.0600. The van der Waals surface area contributed by atoms with Gasteiger partial charge in [-0.1, -0.05) is 12.1 Å². The number of ether oxygens (including phenoxy) is 1. The van der Waals surface area contributed by atoms with Crippen LogP contribution in [0.15, 0.2) is 35.8 Å². The molecule has 0 spiro atoms. The number of thiazole rings is 1. The molecule has 0 atom stereocenters. The molecule has 33 heavy (non-hydrogen) atoms. The second-order valence-corrected chi connectivity index (χ2v) is 9.64. The molecule has 1 N–H and O–H groups in total. The van der Waals surface area contributed by atoms with Crippen molar-refractivity contribution < 1.29 is 14.3 Å². The molecule has 1 fully saturated rings. The van der Waals surface area contributed by atoms with Crippen LogP contribution in [0.1, 0.15) is 55.5 Å². The Hall–Kier alpha value is -3.04. The first-order valence-electron chi connectivity index (χ1n) is 11.3. The molecule has 2 aromatic heterocycles. The Morgan fingerprint density at radius 3 is 2.76 bits per heavy atom. The third-order valence-electron chi connectivity index (χ3n) is 6.22. The normalized spacial score (nSPS) is 15.8. The zero-order valence-corrected chi connectivity index (χ0v) is 19.4. The first-order chi connectivity index (χ1) is 16.1. The first-order valence-corrected chi connectivity index (χ1v) is 12.1. The minimum Gasteiger partial charge on any atom is -0.465 e. The van der Waals surface area contributed by atoms with Gasteiger partial charge in [0.2, 0.25) is 0 Å². The molecule has 8 nitrogen and oxygen atoms in total. The summed E-state index contributed by atoms with van der Waals surface area (Å²) in [5.74, 6) is 0.215. The van der Waals surface area contributed by atoms with Crippen LogP contribution in [0, 0.1) is 5.92 Å². The standard InChI is InChI=1S/C24H27N5O3S/c1-32-24(31)18-6-4-16(5-7-18)13-28-10-8-20-19(15-28)22(27-29(20)14-17-2-3-17)23(30)26-12-21-25-9-11-33-21/h4-7,9,11,17H,2-3,8,10,12-15H2,1H3,(H,26,30). The summed E-state index contributed by atoms with van der Waals surface area (Å²) in [4.78, 5) is 31.3. The quantitative estimate of drug-likeness (QED) is 0.515. The molecule has 3 heterocycles. The molecule has 0 radical (unpaired) electrons. The number of hydrogen-bond donors (Lipinski definition) is 1. The summed E-state index contributed by atoms with van der Waals surface area (Å²) >= 11 is 1.53. The lowest BCUT2D eigenvalue weighted by atomic mass is 10.0. The summed E-state index contributed by atoms with van der Waals surface area (Å²) in [6.07, 6.45) is 5.10. The lowest BCUT2D eigenvalue weighted by Crippen LogP contribution is -2.32. The van der Waals surface area contributed by atoms with Gasteiger partial charge in [-0.15, -0.1) is 11.3 Å². The molecular weight excluding hydrogens is 438 g/mol. The summed E-state index contributed by atoms with van der Waals surface area (Å²) < 4.78 is 6.86. The van der Waals surface area contributed by atoms with Gasteiger partial charge in [-0.25, -0.2) is 9.78 Å². The second kappa shape index (κ2) is 9.44. The Bertz CT molecular complexity index is 1140. The Morgan fingerprint density at radius 1 is 1.24 bits per heavy atom. The van der Waals surface area contributed by atoms with Gasteiger partial charge in [0.25, 0.3) is 5.91 Å². The van der Waals surface area contributed by atoms with Gasteiger partial charge in [-0.3, -0.25) is 14.4 Å². The summed E-state index contributed by atoms with van der Waals surface area (Å²) in [5, 5.41) is 10.5. The monoisotopic (exact) mass is 465 g/mol. The van der Waals surface area contributed by atoms with Crippen molar-refractivity contribution in [3.8, 4) is 0 Å². The maximum atomic E-state index is 13.0. The molecule has 2 aliphatic rings. The van der Waals surface area contributed by atoms with E-state index in [1.807, 2.05) is 17.5 Å². The molecule has 1 saturated carbocycles. The minimum atomic E-state index is -0.333. The minimum absolute atomic E-state index is 0.139. The number of carbonyl (C=O) groups excluding carboxylic acids is 2. The van der Waals surface area contributed by atoms with E-state index in [9.17, 15) is 9.59 Å². The van der Waals surface area contributed by atoms with Gasteiger partial charge in [-0.05, 0) is 36.5 Å². The van der Waals surface area contributed by atoms with Crippen LogP contribution >= 0.6 is 11.3 Å². The largest absolute Gasteiger partial charge is 0.465 e. The maximum absolute atomic E-state index is 13.0. The summed E-state index contributed by atoms with van der Waals surface area (Å²) in [5.41, 5.74) is 4.42. The number of rotatable bonds is 8. The van der Waals surface area contributed by atoms with Gasteiger partial charge in [0, 0.05) is 55.4 Å². The number of amides is 1. The van der Waals surface area contributed by atoms with E-state index in [0.717, 1.165) is 42.2 Å². The molecule has 5 rings (SSSR count). The van der Waals surface area contributed by atoms with Crippen molar-refractivity contribution in [2.45, 2.75) is 45.4 Å². The average molecular weight is 466 g/mol. The number of benzene rings is 1. The number of aromatic nitrogens is 3. The van der Waals surface area contributed by atoms with Crippen molar-refractivity contribution in [2.24, 2.45) is 5.92 Å². The number of methoxy groups -OCH3 is 1. The first kappa shape index (κ1) is 21.8. The van der Waals surface area contributed by atoms with Crippen molar-refractivity contribution in [3.63, 3.8) is 0 Å². The summed E-state index contributed by atoms with van der Waals surface area (Å²) in [6, 6.07) is 7.50. The van der Waals surface area contributed by atoms with Crippen molar-refractivity contribution >= 4 is 23.2 Å². The van der Waals surface area contributed by atoms with E-state index in [1.165, 1.54) is 37.0 Å². The Kier molecular flexibility index (Phi) is 6.24. The van der Waals surface area contributed by atoms with E-state index in [1.54, 1.807) is 18.3 Å². The Morgan fingerprint density at radius 2 is 2.06 bits per heavy atom. The third-order valence-corrected chi connectivity index (χ3v) is 7.00. The maximum Gasteiger partial charge on any atom is 0.337 e. The highest BCUT2D eigenvalue weighted by Gasteiger charge is 2.31. The van der Waals surface area contributed by atoms with Gasteiger partial charge >= 0.3 is 5.97 Å². The molecule has 0 saturated heterocycles. The van der Waals surface area contributed by atoms with Gasteiger partial charge in [0.05, 0.1) is 19.2 Å². The molecule has 1 aliphatic carbocycles. The average Bonchev–Trinajstić information content (AvgIpc) is 3.36. The lowest BCUT2D eigenvalue weighted by Gasteiger charge is -2.27. The van der Waals surface area contributed by atoms with Gasteiger partial charge in [0.15, 0.2) is 5.69 Å². The van der Waals surface area contributed by atoms with Gasteiger partial charge in [0.1, 0.15) is 5.01 Å². The van der Waals surface area contributed by atoms with E-state index < -0.39 is 0 Å². The van der Waals surface area contributed by atoms with E-state index in [2.05, 4.69) is 19.9 Å². The van der Waals surface area contributed by atoms with Crippen LogP contribution in [0.25, 0.3) is 0 Å².